The van der Waals surface area contributed by atoms with Crippen molar-refractivity contribution >= 4 is 71.7 Å². The van der Waals surface area contributed by atoms with Gasteiger partial charge in [0.15, 0.2) is 5.13 Å². The monoisotopic (exact) mass is 490 g/mol. The molecule has 140 valence electrons. The number of benzene rings is 3. The van der Waals surface area contributed by atoms with E-state index in [0.29, 0.717) is 32.8 Å². The molecule has 0 aliphatic carbocycles. The van der Waals surface area contributed by atoms with Crippen molar-refractivity contribution in [1.29, 1.82) is 0 Å². The van der Waals surface area contributed by atoms with E-state index in [4.69, 9.17) is 23.2 Å². The van der Waals surface area contributed by atoms with Crippen molar-refractivity contribution in [2.75, 3.05) is 4.90 Å². The van der Waals surface area contributed by atoms with Gasteiger partial charge in [-0.05, 0) is 35.9 Å². The Hall–Kier alpha value is -1.92. The van der Waals surface area contributed by atoms with Gasteiger partial charge in [0.05, 0.1) is 26.9 Å². The van der Waals surface area contributed by atoms with Crippen molar-refractivity contribution in [3.63, 3.8) is 0 Å². The molecule has 0 unspecified atom stereocenters. The normalized spacial score (nSPS) is 11.0. The summed E-state index contributed by atoms with van der Waals surface area (Å²) in [6.07, 6.45) is 0. The number of thiazole rings is 1. The van der Waals surface area contributed by atoms with E-state index in [9.17, 15) is 4.79 Å². The van der Waals surface area contributed by atoms with Gasteiger partial charge in [-0.1, -0.05) is 86.9 Å². The van der Waals surface area contributed by atoms with Crippen LogP contribution in [0.5, 0.6) is 0 Å². The number of halogens is 3. The Morgan fingerprint density at radius 2 is 1.79 bits per heavy atom. The SMILES string of the molecule is O=C(c1cc(Br)ccc1Cl)N(Cc1ccccc1)c1nc2c(Cl)cccc2s1. The zero-order valence-corrected chi connectivity index (χ0v) is 18.3. The lowest BCUT2D eigenvalue weighted by molar-refractivity contribution is 0.0985. The molecule has 3 nitrogen and oxygen atoms in total. The van der Waals surface area contributed by atoms with Gasteiger partial charge < -0.3 is 0 Å². The van der Waals surface area contributed by atoms with Crippen LogP contribution in [0, 0.1) is 0 Å². The Balaban J connectivity index is 1.82. The first-order valence-electron chi connectivity index (χ1n) is 8.39. The molecule has 1 aromatic heterocycles. The Morgan fingerprint density at radius 1 is 1.00 bits per heavy atom. The molecule has 7 heteroatoms. The number of carbonyl (C=O) groups excluding carboxylic acids is 1. The minimum Gasteiger partial charge on any atom is -0.279 e. The molecule has 4 aromatic rings. The fourth-order valence-corrected chi connectivity index (χ4v) is 4.64. The van der Waals surface area contributed by atoms with Crippen LogP contribution in [0.25, 0.3) is 10.2 Å². The molecule has 0 aliphatic heterocycles. The first-order valence-corrected chi connectivity index (χ1v) is 10.8. The number of fused-ring (bicyclic) bond motifs is 1. The maximum atomic E-state index is 13.4. The summed E-state index contributed by atoms with van der Waals surface area (Å²) in [6, 6.07) is 20.6. The predicted octanol–water partition coefficient (Wildman–Crippen LogP) is 7.21. The fourth-order valence-electron chi connectivity index (χ4n) is 2.82. The van der Waals surface area contributed by atoms with Gasteiger partial charge in [0, 0.05) is 4.47 Å². The maximum Gasteiger partial charge on any atom is 0.261 e. The number of hydrogen-bond acceptors (Lipinski definition) is 3. The first kappa shape index (κ1) is 19.4. The quantitative estimate of drug-likeness (QED) is 0.302. The molecule has 28 heavy (non-hydrogen) atoms. The summed E-state index contributed by atoms with van der Waals surface area (Å²) in [6.45, 7) is 0.375. The third-order valence-electron chi connectivity index (χ3n) is 4.18. The van der Waals surface area contributed by atoms with Crippen molar-refractivity contribution < 1.29 is 4.79 Å². The third kappa shape index (κ3) is 3.94. The summed E-state index contributed by atoms with van der Waals surface area (Å²) >= 11 is 17.5. The molecule has 0 fully saturated rings. The van der Waals surface area contributed by atoms with Crippen molar-refractivity contribution in [3.05, 3.63) is 92.4 Å². The molecule has 0 spiro atoms. The van der Waals surface area contributed by atoms with Gasteiger partial charge in [-0.2, -0.15) is 0 Å². The lowest BCUT2D eigenvalue weighted by Crippen LogP contribution is -2.30. The largest absolute Gasteiger partial charge is 0.279 e. The van der Waals surface area contributed by atoms with E-state index in [-0.39, 0.29) is 5.91 Å². The molecule has 0 aliphatic rings. The zero-order valence-electron chi connectivity index (χ0n) is 14.4. The molecule has 0 radical (unpaired) electrons. The molecule has 0 saturated heterocycles. The van der Waals surface area contributed by atoms with E-state index in [0.717, 1.165) is 14.7 Å². The van der Waals surface area contributed by atoms with Crippen molar-refractivity contribution in [3.8, 4) is 0 Å². The van der Waals surface area contributed by atoms with Gasteiger partial charge in [0.2, 0.25) is 0 Å². The molecule has 0 saturated carbocycles. The summed E-state index contributed by atoms with van der Waals surface area (Å²) in [5.74, 6) is -0.217. The third-order valence-corrected chi connectivity index (χ3v) is 6.35. The standard InChI is InChI=1S/C21H13BrCl2N2OS/c22-14-9-10-16(23)15(11-14)20(27)26(12-13-5-2-1-3-6-13)21-25-19-17(24)7-4-8-18(19)28-21/h1-11H,12H2. The molecule has 1 amide bonds. The molecule has 4 rings (SSSR count). The Kier molecular flexibility index (Phi) is 5.69. The minimum atomic E-state index is -0.217. The van der Waals surface area contributed by atoms with E-state index in [1.165, 1.54) is 11.3 Å². The van der Waals surface area contributed by atoms with E-state index < -0.39 is 0 Å². The Labute approximate surface area is 184 Å². The lowest BCUT2D eigenvalue weighted by atomic mass is 10.1. The van der Waals surface area contributed by atoms with Crippen LogP contribution in [0.4, 0.5) is 5.13 Å². The summed E-state index contributed by atoms with van der Waals surface area (Å²) in [7, 11) is 0. The Morgan fingerprint density at radius 3 is 2.54 bits per heavy atom. The molecule has 1 heterocycles. The second kappa shape index (κ2) is 8.21. The van der Waals surface area contributed by atoms with Crippen LogP contribution in [0.2, 0.25) is 10.0 Å². The van der Waals surface area contributed by atoms with Gasteiger partial charge in [-0.25, -0.2) is 4.98 Å². The smallest absolute Gasteiger partial charge is 0.261 e. The second-order valence-corrected chi connectivity index (χ2v) is 8.82. The van der Waals surface area contributed by atoms with Gasteiger partial charge in [0.25, 0.3) is 5.91 Å². The van der Waals surface area contributed by atoms with Gasteiger partial charge in [-0.15, -0.1) is 0 Å². The average Bonchev–Trinajstić information content (AvgIpc) is 3.14. The number of anilines is 1. The van der Waals surface area contributed by atoms with Crippen LogP contribution in [0.1, 0.15) is 15.9 Å². The van der Waals surface area contributed by atoms with Crippen LogP contribution in [0.15, 0.2) is 71.2 Å². The summed E-state index contributed by atoms with van der Waals surface area (Å²) in [5.41, 5.74) is 2.10. The molecular weight excluding hydrogens is 479 g/mol. The van der Waals surface area contributed by atoms with Gasteiger partial charge in [-0.3, -0.25) is 9.69 Å². The number of rotatable bonds is 4. The average molecular weight is 492 g/mol. The maximum absolute atomic E-state index is 13.4. The Bertz CT molecular complexity index is 1160. The van der Waals surface area contributed by atoms with Gasteiger partial charge in [0.1, 0.15) is 5.52 Å². The summed E-state index contributed by atoms with van der Waals surface area (Å²) < 4.78 is 1.71. The van der Waals surface area contributed by atoms with E-state index >= 15 is 0 Å². The number of nitrogens with zero attached hydrogens (tertiary/aromatic N) is 2. The number of carbonyl (C=O) groups is 1. The minimum absolute atomic E-state index is 0.217. The lowest BCUT2D eigenvalue weighted by Gasteiger charge is -2.21. The summed E-state index contributed by atoms with van der Waals surface area (Å²) in [4.78, 5) is 19.7. The van der Waals surface area contributed by atoms with Crippen molar-refractivity contribution in [1.82, 2.24) is 4.98 Å². The highest BCUT2D eigenvalue weighted by Gasteiger charge is 2.24. The highest BCUT2D eigenvalue weighted by atomic mass is 79.9. The van der Waals surface area contributed by atoms with Crippen LogP contribution in [0.3, 0.4) is 0 Å². The first-order chi connectivity index (χ1) is 13.5. The van der Waals surface area contributed by atoms with Crippen LogP contribution < -0.4 is 4.90 Å². The highest BCUT2D eigenvalue weighted by molar-refractivity contribution is 9.10. The highest BCUT2D eigenvalue weighted by Crippen LogP contribution is 2.35. The molecule has 0 atom stereocenters. The van der Waals surface area contributed by atoms with Gasteiger partial charge >= 0.3 is 0 Å². The van der Waals surface area contributed by atoms with Crippen molar-refractivity contribution in [2.24, 2.45) is 0 Å². The summed E-state index contributed by atoms with van der Waals surface area (Å²) in [5, 5.41) is 1.53. The topological polar surface area (TPSA) is 33.2 Å². The molecular formula is C21H13BrCl2N2OS. The van der Waals surface area contributed by atoms with Crippen LogP contribution in [-0.4, -0.2) is 10.9 Å². The zero-order chi connectivity index (χ0) is 19.7. The second-order valence-electron chi connectivity index (χ2n) is 6.08. The number of para-hydroxylation sites is 1. The molecule has 0 N–H and O–H groups in total. The molecule has 0 bridgehead atoms. The van der Waals surface area contributed by atoms with E-state index in [1.54, 1.807) is 29.2 Å². The number of amides is 1. The van der Waals surface area contributed by atoms with E-state index in [1.807, 2.05) is 42.5 Å². The fraction of sp³-hybridized carbons (Fsp3) is 0.0476. The predicted molar refractivity (Wildman–Crippen MR) is 121 cm³/mol. The van der Waals surface area contributed by atoms with Crippen molar-refractivity contribution in [2.45, 2.75) is 6.54 Å². The molecule has 3 aromatic carbocycles. The van der Waals surface area contributed by atoms with Crippen LogP contribution in [-0.2, 0) is 6.54 Å². The van der Waals surface area contributed by atoms with Crippen LogP contribution >= 0.6 is 50.5 Å². The van der Waals surface area contributed by atoms with E-state index in [2.05, 4.69) is 20.9 Å². The number of aromatic nitrogens is 1. The number of hydrogen-bond donors (Lipinski definition) is 0.